The van der Waals surface area contributed by atoms with E-state index in [0.717, 1.165) is 5.56 Å². The van der Waals surface area contributed by atoms with E-state index >= 15 is 0 Å². The van der Waals surface area contributed by atoms with Gasteiger partial charge in [0.2, 0.25) is 10.0 Å². The summed E-state index contributed by atoms with van der Waals surface area (Å²) in [5, 5.41) is 2.63. The maximum atomic E-state index is 12.0. The number of carbonyl (C=O) groups is 2. The molecule has 134 valence electrons. The molecule has 0 aliphatic carbocycles. The maximum absolute atomic E-state index is 12.0. The van der Waals surface area contributed by atoms with Crippen LogP contribution in [0.2, 0.25) is 0 Å². The Bertz CT molecular complexity index is 859. The van der Waals surface area contributed by atoms with E-state index in [1.165, 1.54) is 30.9 Å². The van der Waals surface area contributed by atoms with Gasteiger partial charge in [-0.05, 0) is 18.7 Å². The molecule has 2 rings (SSSR count). The molecule has 1 heterocycles. The van der Waals surface area contributed by atoms with E-state index < -0.39 is 28.5 Å². The van der Waals surface area contributed by atoms with Crippen LogP contribution < -0.4 is 10.0 Å². The molecule has 0 aliphatic heterocycles. The van der Waals surface area contributed by atoms with Gasteiger partial charge in [0.15, 0.2) is 6.61 Å². The van der Waals surface area contributed by atoms with E-state index in [-0.39, 0.29) is 10.6 Å². The number of esters is 1. The van der Waals surface area contributed by atoms with Gasteiger partial charge in [0.25, 0.3) is 5.91 Å². The normalized spacial score (nSPS) is 11.1. The molecule has 25 heavy (non-hydrogen) atoms. The maximum Gasteiger partial charge on any atom is 0.355 e. The first-order valence-electron chi connectivity index (χ1n) is 7.41. The summed E-state index contributed by atoms with van der Waals surface area (Å²) >= 11 is 0. The molecular weight excluding hydrogens is 346 g/mol. The highest BCUT2D eigenvalue weighted by Crippen LogP contribution is 2.14. The molecule has 0 saturated heterocycles. The zero-order valence-electron chi connectivity index (χ0n) is 13.9. The number of amides is 1. The Balaban J connectivity index is 1.91. The number of aryl methyl sites for hydroxylation is 1. The minimum absolute atomic E-state index is 0.0321. The lowest BCUT2D eigenvalue weighted by molar-refractivity contribution is -0.124. The summed E-state index contributed by atoms with van der Waals surface area (Å²) in [7, 11) is -0.872. The van der Waals surface area contributed by atoms with Crippen molar-refractivity contribution < 1.29 is 22.7 Å². The molecule has 0 radical (unpaired) electrons. The minimum Gasteiger partial charge on any atom is -0.451 e. The van der Waals surface area contributed by atoms with E-state index in [9.17, 15) is 18.0 Å². The van der Waals surface area contributed by atoms with Crippen molar-refractivity contribution in [2.45, 2.75) is 11.4 Å². The van der Waals surface area contributed by atoms with Gasteiger partial charge in [-0.3, -0.25) is 4.79 Å². The third-order valence-corrected chi connectivity index (χ3v) is 4.82. The molecule has 2 N–H and O–H groups in total. The second-order valence-corrected chi connectivity index (χ2v) is 7.10. The summed E-state index contributed by atoms with van der Waals surface area (Å²) in [4.78, 5) is 23.7. The summed E-state index contributed by atoms with van der Waals surface area (Å²) < 4.78 is 31.9. The van der Waals surface area contributed by atoms with Crippen molar-refractivity contribution in [3.63, 3.8) is 0 Å². The highest BCUT2D eigenvalue weighted by atomic mass is 32.2. The fourth-order valence-electron chi connectivity index (χ4n) is 2.05. The second kappa shape index (κ2) is 7.95. The van der Waals surface area contributed by atoms with Crippen LogP contribution in [0.1, 0.15) is 16.1 Å². The summed E-state index contributed by atoms with van der Waals surface area (Å²) in [5.74, 6) is -1.23. The first-order chi connectivity index (χ1) is 11.8. The van der Waals surface area contributed by atoms with Crippen LogP contribution in [0.3, 0.4) is 0 Å². The number of hydrogen-bond acceptors (Lipinski definition) is 5. The monoisotopic (exact) mass is 365 g/mol. The van der Waals surface area contributed by atoms with E-state index in [1.807, 2.05) is 30.3 Å². The van der Waals surface area contributed by atoms with Crippen molar-refractivity contribution in [2.75, 3.05) is 13.7 Å². The van der Waals surface area contributed by atoms with Gasteiger partial charge < -0.3 is 14.6 Å². The molecule has 0 aliphatic rings. The van der Waals surface area contributed by atoms with Gasteiger partial charge in [0.1, 0.15) is 10.6 Å². The van der Waals surface area contributed by atoms with Crippen molar-refractivity contribution in [1.82, 2.24) is 14.6 Å². The number of rotatable bonds is 7. The molecule has 0 fully saturated rings. The van der Waals surface area contributed by atoms with Gasteiger partial charge in [0, 0.05) is 19.8 Å². The van der Waals surface area contributed by atoms with Gasteiger partial charge in [-0.25, -0.2) is 17.9 Å². The first-order valence-corrected chi connectivity index (χ1v) is 8.89. The lowest BCUT2D eigenvalue weighted by Crippen LogP contribution is -2.28. The van der Waals surface area contributed by atoms with Gasteiger partial charge in [-0.15, -0.1) is 0 Å². The van der Waals surface area contributed by atoms with Gasteiger partial charge in [-0.2, -0.15) is 0 Å². The molecule has 1 aromatic carbocycles. The van der Waals surface area contributed by atoms with Gasteiger partial charge >= 0.3 is 5.97 Å². The molecule has 9 heteroatoms. The van der Waals surface area contributed by atoms with Crippen molar-refractivity contribution in [3.05, 3.63) is 53.9 Å². The average molecular weight is 365 g/mol. The summed E-state index contributed by atoms with van der Waals surface area (Å²) in [5.41, 5.74) is 0.955. The predicted octanol–water partition coefficient (Wildman–Crippen LogP) is 0.406. The molecule has 8 nitrogen and oxygen atoms in total. The Morgan fingerprint density at radius 3 is 2.52 bits per heavy atom. The van der Waals surface area contributed by atoms with E-state index in [2.05, 4.69) is 10.0 Å². The quantitative estimate of drug-likeness (QED) is 0.691. The lowest BCUT2D eigenvalue weighted by Gasteiger charge is -2.07. The van der Waals surface area contributed by atoms with Crippen LogP contribution in [0.15, 0.2) is 47.5 Å². The topological polar surface area (TPSA) is 106 Å². The van der Waals surface area contributed by atoms with Crippen molar-refractivity contribution >= 4 is 21.9 Å². The second-order valence-electron chi connectivity index (χ2n) is 5.22. The Morgan fingerprint density at radius 1 is 1.20 bits per heavy atom. The van der Waals surface area contributed by atoms with E-state index in [4.69, 9.17) is 4.74 Å². The molecule has 1 amide bonds. The fourth-order valence-corrected chi connectivity index (χ4v) is 2.85. The standard InChI is InChI=1S/C16H19N3O5S/c1-17-25(22,23)13-8-14(19(2)10-13)16(21)24-11-15(20)18-9-12-6-4-3-5-7-12/h3-8,10,17H,9,11H2,1-2H3,(H,18,20). The minimum atomic E-state index is -3.66. The largest absolute Gasteiger partial charge is 0.451 e. The number of hydrogen-bond donors (Lipinski definition) is 2. The SMILES string of the molecule is CNS(=O)(=O)c1cc(C(=O)OCC(=O)NCc2ccccc2)n(C)c1. The van der Waals surface area contributed by atoms with Crippen molar-refractivity contribution in [1.29, 1.82) is 0 Å². The summed E-state index contributed by atoms with van der Waals surface area (Å²) in [6.45, 7) is -0.128. The van der Waals surface area contributed by atoms with Crippen LogP contribution in [0.4, 0.5) is 0 Å². The third kappa shape index (κ3) is 4.91. The lowest BCUT2D eigenvalue weighted by atomic mass is 10.2. The highest BCUT2D eigenvalue weighted by molar-refractivity contribution is 7.89. The first kappa shape index (κ1) is 18.7. The molecule has 1 aromatic heterocycles. The average Bonchev–Trinajstić information content (AvgIpc) is 3.01. The number of sulfonamides is 1. The molecule has 0 atom stereocenters. The Kier molecular flexibility index (Phi) is 5.94. The van der Waals surface area contributed by atoms with Gasteiger partial charge in [-0.1, -0.05) is 30.3 Å². The van der Waals surface area contributed by atoms with Crippen LogP contribution in [-0.4, -0.2) is 38.5 Å². The Hall–Kier alpha value is -2.65. The molecule has 0 saturated carbocycles. The van der Waals surface area contributed by atoms with E-state index in [1.54, 1.807) is 0 Å². The molecule has 2 aromatic rings. The van der Waals surface area contributed by atoms with Crippen LogP contribution in [0.25, 0.3) is 0 Å². The summed E-state index contributed by atoms with van der Waals surface area (Å²) in [6.07, 6.45) is 1.29. The fraction of sp³-hybridized carbons (Fsp3) is 0.250. The van der Waals surface area contributed by atoms with Crippen molar-refractivity contribution in [2.24, 2.45) is 7.05 Å². The highest BCUT2D eigenvalue weighted by Gasteiger charge is 2.20. The zero-order valence-corrected chi connectivity index (χ0v) is 14.7. The smallest absolute Gasteiger partial charge is 0.355 e. The third-order valence-electron chi connectivity index (χ3n) is 3.43. The molecular formula is C16H19N3O5S. The Morgan fingerprint density at radius 2 is 1.88 bits per heavy atom. The number of carbonyl (C=O) groups excluding carboxylic acids is 2. The van der Waals surface area contributed by atoms with Crippen LogP contribution in [-0.2, 0) is 33.1 Å². The van der Waals surface area contributed by atoms with Crippen molar-refractivity contribution in [3.8, 4) is 0 Å². The molecule has 0 unspecified atom stereocenters. The van der Waals surface area contributed by atoms with Gasteiger partial charge in [0.05, 0.1) is 0 Å². The Labute approximate surface area is 145 Å². The summed E-state index contributed by atoms with van der Waals surface area (Å²) in [6, 6.07) is 10.5. The number of nitrogens with zero attached hydrogens (tertiary/aromatic N) is 1. The number of ether oxygens (including phenoxy) is 1. The zero-order chi connectivity index (χ0) is 18.4. The number of aromatic nitrogens is 1. The van der Waals surface area contributed by atoms with Crippen LogP contribution in [0.5, 0.6) is 0 Å². The van der Waals surface area contributed by atoms with Crippen LogP contribution >= 0.6 is 0 Å². The van der Waals surface area contributed by atoms with Crippen LogP contribution in [0, 0.1) is 0 Å². The number of nitrogens with one attached hydrogen (secondary N) is 2. The van der Waals surface area contributed by atoms with E-state index in [0.29, 0.717) is 6.54 Å². The molecule has 0 spiro atoms. The number of benzene rings is 1. The molecule has 0 bridgehead atoms. The predicted molar refractivity (Wildman–Crippen MR) is 90.2 cm³/mol.